The fourth-order valence-corrected chi connectivity index (χ4v) is 4.55. The number of rotatable bonds is 4. The fraction of sp³-hybridized carbons (Fsp3) is 0.0769. The number of fused-ring (bicyclic) bond motifs is 1. The minimum Gasteiger partial charge on any atom is -0.374 e. The third-order valence-corrected chi connectivity index (χ3v) is 6.33. The Hall–Kier alpha value is -3.38. The predicted molar refractivity (Wildman–Crippen MR) is 132 cm³/mol. The van der Waals surface area contributed by atoms with Gasteiger partial charge >= 0.3 is 0 Å². The molecule has 0 spiro atoms. The van der Waals surface area contributed by atoms with Crippen LogP contribution in [-0.2, 0) is 12.6 Å². The average molecular weight is 476 g/mol. The largest absolute Gasteiger partial charge is 0.374 e. The minimum absolute atomic E-state index is 0.218. The van der Waals surface area contributed by atoms with Gasteiger partial charge in [-0.2, -0.15) is 0 Å². The van der Waals surface area contributed by atoms with Gasteiger partial charge in [-0.1, -0.05) is 53.5 Å². The number of nitrogens with zero attached hydrogens (tertiary/aromatic N) is 2. The number of pyridine rings is 1. The molecule has 7 heteroatoms. The van der Waals surface area contributed by atoms with Crippen LogP contribution in [0.5, 0.6) is 0 Å². The summed E-state index contributed by atoms with van der Waals surface area (Å²) in [7, 11) is 1.83. The molecule has 2 N–H and O–H groups in total. The highest BCUT2D eigenvalue weighted by atomic mass is 35.5. The molecule has 5 rings (SSSR count). The zero-order valence-electron chi connectivity index (χ0n) is 17.6. The topological polar surface area (TPSA) is 70.9 Å². The van der Waals surface area contributed by atoms with Crippen LogP contribution in [0.3, 0.4) is 0 Å². The first-order chi connectivity index (χ1) is 15.9. The average Bonchev–Trinajstić information content (AvgIpc) is 3.24. The summed E-state index contributed by atoms with van der Waals surface area (Å²) in [6, 6.07) is 21.5. The number of aliphatic hydroxyl groups is 1. The molecular formula is C26H19Cl2N3O2. The number of hydrogen-bond acceptors (Lipinski definition) is 3. The molecule has 1 atom stereocenters. The number of nitrogens with one attached hydrogen (secondary N) is 1. The lowest BCUT2D eigenvalue weighted by Gasteiger charge is -2.30. The van der Waals surface area contributed by atoms with E-state index >= 15 is 0 Å². The second-order valence-corrected chi connectivity index (χ2v) is 8.80. The summed E-state index contributed by atoms with van der Waals surface area (Å²) in [5.41, 5.74) is 2.33. The second-order valence-electron chi connectivity index (χ2n) is 7.93. The first-order valence-electron chi connectivity index (χ1n) is 10.2. The third-order valence-electron chi connectivity index (χ3n) is 5.85. The van der Waals surface area contributed by atoms with Crippen LogP contribution < -0.4 is 5.56 Å². The number of aryl methyl sites for hydroxylation is 1. The monoisotopic (exact) mass is 475 g/mol. The van der Waals surface area contributed by atoms with Gasteiger partial charge in [-0.05, 0) is 58.7 Å². The highest BCUT2D eigenvalue weighted by molar-refractivity contribution is 6.31. The predicted octanol–water partition coefficient (Wildman–Crippen LogP) is 5.52. The van der Waals surface area contributed by atoms with Gasteiger partial charge in [-0.3, -0.25) is 4.79 Å². The van der Waals surface area contributed by atoms with Gasteiger partial charge in [0.1, 0.15) is 0 Å². The summed E-state index contributed by atoms with van der Waals surface area (Å²) >= 11 is 12.3. The summed E-state index contributed by atoms with van der Waals surface area (Å²) in [5, 5.41) is 14.1. The van der Waals surface area contributed by atoms with Crippen molar-refractivity contribution in [3.05, 3.63) is 123 Å². The Labute approximate surface area is 199 Å². The van der Waals surface area contributed by atoms with E-state index in [1.54, 1.807) is 59.6 Å². The van der Waals surface area contributed by atoms with Crippen molar-refractivity contribution in [2.75, 3.05) is 0 Å². The van der Waals surface area contributed by atoms with Crippen molar-refractivity contribution in [2.24, 2.45) is 7.05 Å². The molecule has 1 unspecified atom stereocenters. The normalized spacial score (nSPS) is 13.2. The first kappa shape index (κ1) is 21.5. The van der Waals surface area contributed by atoms with Gasteiger partial charge in [0.2, 0.25) is 5.56 Å². The van der Waals surface area contributed by atoms with E-state index in [4.69, 9.17) is 23.2 Å². The van der Waals surface area contributed by atoms with Crippen molar-refractivity contribution in [1.29, 1.82) is 0 Å². The van der Waals surface area contributed by atoms with E-state index in [9.17, 15) is 9.90 Å². The molecule has 33 heavy (non-hydrogen) atoms. The summed E-state index contributed by atoms with van der Waals surface area (Å²) in [6.07, 6.45) is 3.29. The van der Waals surface area contributed by atoms with Crippen LogP contribution in [0.2, 0.25) is 10.0 Å². The molecule has 0 aliphatic heterocycles. The smallest absolute Gasteiger partial charge is 0.249 e. The van der Waals surface area contributed by atoms with Crippen molar-refractivity contribution in [2.45, 2.75) is 5.60 Å². The molecular weight excluding hydrogens is 457 g/mol. The lowest BCUT2D eigenvalue weighted by molar-refractivity contribution is 0.117. The maximum Gasteiger partial charge on any atom is 0.249 e. The lowest BCUT2D eigenvalue weighted by atomic mass is 9.82. The molecule has 0 saturated carbocycles. The van der Waals surface area contributed by atoms with Crippen molar-refractivity contribution in [3.8, 4) is 11.1 Å². The number of hydrogen-bond donors (Lipinski definition) is 2. The summed E-state index contributed by atoms with van der Waals surface area (Å²) < 4.78 is 1.78. The van der Waals surface area contributed by atoms with Gasteiger partial charge in [0.05, 0.1) is 18.2 Å². The molecule has 0 fully saturated rings. The van der Waals surface area contributed by atoms with Crippen molar-refractivity contribution in [3.63, 3.8) is 0 Å². The van der Waals surface area contributed by atoms with Crippen LogP contribution in [0.1, 0.15) is 16.8 Å². The Morgan fingerprint density at radius 2 is 1.70 bits per heavy atom. The highest BCUT2D eigenvalue weighted by Gasteiger charge is 2.36. The maximum absolute atomic E-state index is 12.4. The molecule has 5 nitrogen and oxygen atoms in total. The molecule has 164 valence electrons. The zero-order valence-corrected chi connectivity index (χ0v) is 19.1. The maximum atomic E-state index is 12.4. The van der Waals surface area contributed by atoms with Crippen molar-refractivity contribution >= 4 is 34.1 Å². The van der Waals surface area contributed by atoms with E-state index in [1.807, 2.05) is 37.4 Å². The van der Waals surface area contributed by atoms with Gasteiger partial charge in [0.15, 0.2) is 5.60 Å². The quantitative estimate of drug-likeness (QED) is 0.359. The lowest BCUT2D eigenvalue weighted by Crippen LogP contribution is -2.31. The van der Waals surface area contributed by atoms with Crippen LogP contribution in [0.15, 0.2) is 90.1 Å². The summed E-state index contributed by atoms with van der Waals surface area (Å²) in [6.45, 7) is 0. The van der Waals surface area contributed by atoms with E-state index in [1.165, 1.54) is 0 Å². The van der Waals surface area contributed by atoms with Crippen LogP contribution in [0.4, 0.5) is 0 Å². The van der Waals surface area contributed by atoms with Crippen molar-refractivity contribution in [1.82, 2.24) is 14.5 Å². The molecule has 5 aromatic rings. The number of aromatic nitrogens is 3. The third kappa shape index (κ3) is 3.74. The van der Waals surface area contributed by atoms with E-state index in [-0.39, 0.29) is 5.56 Å². The Morgan fingerprint density at radius 1 is 0.939 bits per heavy atom. The molecule has 2 heterocycles. The van der Waals surface area contributed by atoms with Crippen LogP contribution in [-0.4, -0.2) is 19.6 Å². The highest BCUT2D eigenvalue weighted by Crippen LogP contribution is 2.39. The summed E-state index contributed by atoms with van der Waals surface area (Å²) in [4.78, 5) is 19.5. The molecule has 0 aliphatic carbocycles. The minimum atomic E-state index is -1.51. The number of halogens is 2. The van der Waals surface area contributed by atoms with Gasteiger partial charge < -0.3 is 14.7 Å². The van der Waals surface area contributed by atoms with Crippen LogP contribution >= 0.6 is 23.2 Å². The Balaban J connectivity index is 1.81. The zero-order chi connectivity index (χ0) is 23.2. The van der Waals surface area contributed by atoms with E-state index in [0.717, 1.165) is 16.5 Å². The molecule has 0 amide bonds. The van der Waals surface area contributed by atoms with Crippen LogP contribution in [0, 0.1) is 0 Å². The second kappa shape index (κ2) is 8.19. The van der Waals surface area contributed by atoms with E-state index < -0.39 is 5.60 Å². The molecule has 0 bridgehead atoms. The summed E-state index contributed by atoms with van der Waals surface area (Å²) in [5.74, 6) is 0. The Kier molecular flexibility index (Phi) is 5.33. The van der Waals surface area contributed by atoms with E-state index in [2.05, 4.69) is 9.97 Å². The van der Waals surface area contributed by atoms with Gasteiger partial charge in [-0.15, -0.1) is 0 Å². The molecule has 0 aliphatic rings. The molecule has 0 radical (unpaired) electrons. The number of benzene rings is 3. The van der Waals surface area contributed by atoms with E-state index in [0.29, 0.717) is 32.4 Å². The Morgan fingerprint density at radius 3 is 2.39 bits per heavy atom. The number of imidazole rings is 1. The number of aromatic amines is 1. The van der Waals surface area contributed by atoms with Gasteiger partial charge in [-0.25, -0.2) is 4.98 Å². The fourth-order valence-electron chi connectivity index (χ4n) is 4.23. The first-order valence-corrected chi connectivity index (χ1v) is 11.0. The molecule has 0 saturated heterocycles. The van der Waals surface area contributed by atoms with Gasteiger partial charge in [0, 0.05) is 34.1 Å². The molecule has 2 aromatic heterocycles. The Bertz CT molecular complexity index is 1540. The molecule has 3 aromatic carbocycles. The number of H-pyrrole nitrogens is 1. The SMILES string of the molecule is Cn1cncc1C(O)(c1ccc(Cl)cc1)c1ccc2[nH]c(=O)cc(-c3cccc(Cl)c3)c2c1. The standard InChI is InChI=1S/C26H19Cl2N3O2/c1-31-15-29-14-24(31)26(33,17-5-8-19(27)9-6-17)18-7-10-23-22(12-18)21(13-25(32)30-23)16-3-2-4-20(28)11-16/h2-15,33H,1H3,(H,30,32). The van der Waals surface area contributed by atoms with Gasteiger partial charge in [0.25, 0.3) is 0 Å². The van der Waals surface area contributed by atoms with Crippen molar-refractivity contribution < 1.29 is 5.11 Å². The van der Waals surface area contributed by atoms with Crippen LogP contribution in [0.25, 0.3) is 22.0 Å².